The van der Waals surface area contributed by atoms with Crippen LogP contribution in [0.3, 0.4) is 0 Å². The third-order valence-corrected chi connectivity index (χ3v) is 4.44. The van der Waals surface area contributed by atoms with Gasteiger partial charge in [0.05, 0.1) is 5.52 Å². The van der Waals surface area contributed by atoms with Gasteiger partial charge in [0.25, 0.3) is 0 Å². The highest BCUT2D eigenvalue weighted by atomic mass is 16.3. The van der Waals surface area contributed by atoms with Crippen LogP contribution in [0.25, 0.3) is 10.9 Å². The van der Waals surface area contributed by atoms with Crippen LogP contribution in [0.4, 0.5) is 0 Å². The summed E-state index contributed by atoms with van der Waals surface area (Å²) in [6, 6.07) is 9.44. The predicted molar refractivity (Wildman–Crippen MR) is 83.5 cm³/mol. The standard InChI is InChI=1S/C18H21NO2/c1-13-6-7-14-12-15(8-9-16(14)19-13)17(20)18(21)10-4-2-3-5-11-18/h6-9,12,21H,2-5,10-11H2,1H3. The van der Waals surface area contributed by atoms with Crippen molar-refractivity contribution in [3.8, 4) is 0 Å². The van der Waals surface area contributed by atoms with E-state index in [1.165, 1.54) is 0 Å². The summed E-state index contributed by atoms with van der Waals surface area (Å²) in [6.45, 7) is 1.95. The van der Waals surface area contributed by atoms with Crippen LogP contribution in [-0.2, 0) is 0 Å². The zero-order valence-electron chi connectivity index (χ0n) is 12.4. The van der Waals surface area contributed by atoms with E-state index < -0.39 is 5.60 Å². The maximum Gasteiger partial charge on any atom is 0.194 e. The molecule has 0 saturated heterocycles. The Bertz CT molecular complexity index is 670. The highest BCUT2D eigenvalue weighted by molar-refractivity contribution is 6.04. The number of hydrogen-bond donors (Lipinski definition) is 1. The van der Waals surface area contributed by atoms with Crippen LogP contribution in [0, 0.1) is 6.92 Å². The molecule has 1 heterocycles. The smallest absolute Gasteiger partial charge is 0.194 e. The molecule has 1 aliphatic carbocycles. The molecule has 1 fully saturated rings. The molecular weight excluding hydrogens is 262 g/mol. The Kier molecular flexibility index (Phi) is 3.77. The van der Waals surface area contributed by atoms with Crippen LogP contribution in [0.15, 0.2) is 30.3 Å². The predicted octanol–water partition coefficient (Wildman–Crippen LogP) is 3.81. The lowest BCUT2D eigenvalue weighted by Crippen LogP contribution is -2.38. The van der Waals surface area contributed by atoms with Crippen LogP contribution >= 0.6 is 0 Å². The first kappa shape index (κ1) is 14.2. The summed E-state index contributed by atoms with van der Waals surface area (Å²) in [7, 11) is 0. The molecule has 0 spiro atoms. The summed E-state index contributed by atoms with van der Waals surface area (Å²) in [4.78, 5) is 17.2. The van der Waals surface area contributed by atoms with Crippen molar-refractivity contribution in [2.75, 3.05) is 0 Å². The monoisotopic (exact) mass is 283 g/mol. The van der Waals surface area contributed by atoms with Crippen LogP contribution in [0.5, 0.6) is 0 Å². The summed E-state index contributed by atoms with van der Waals surface area (Å²) in [5.41, 5.74) is 1.27. The van der Waals surface area contributed by atoms with E-state index in [-0.39, 0.29) is 5.78 Å². The molecular formula is C18H21NO2. The fourth-order valence-electron chi connectivity index (χ4n) is 3.18. The molecule has 1 saturated carbocycles. The molecule has 1 aliphatic rings. The molecule has 1 aromatic heterocycles. The normalized spacial score (nSPS) is 18.4. The second kappa shape index (κ2) is 5.57. The molecule has 21 heavy (non-hydrogen) atoms. The van der Waals surface area contributed by atoms with Gasteiger partial charge in [-0.25, -0.2) is 0 Å². The van der Waals surface area contributed by atoms with Crippen molar-refractivity contribution in [1.29, 1.82) is 0 Å². The number of Topliss-reactive ketones (excluding diaryl/α,β-unsaturated/α-hetero) is 1. The van der Waals surface area contributed by atoms with Gasteiger partial charge in [-0.15, -0.1) is 0 Å². The van der Waals surface area contributed by atoms with E-state index in [4.69, 9.17) is 0 Å². The quantitative estimate of drug-likeness (QED) is 0.673. The second-order valence-electron chi connectivity index (χ2n) is 6.14. The second-order valence-corrected chi connectivity index (χ2v) is 6.14. The number of rotatable bonds is 2. The van der Waals surface area contributed by atoms with Gasteiger partial charge in [0.15, 0.2) is 5.78 Å². The minimum Gasteiger partial charge on any atom is -0.382 e. The Morgan fingerprint density at radius 3 is 2.52 bits per heavy atom. The van der Waals surface area contributed by atoms with E-state index in [1.54, 1.807) is 6.07 Å². The van der Waals surface area contributed by atoms with E-state index >= 15 is 0 Å². The molecule has 2 aromatic rings. The summed E-state index contributed by atoms with van der Waals surface area (Å²) in [6.07, 6.45) is 5.23. The number of pyridine rings is 1. The maximum atomic E-state index is 12.7. The Hall–Kier alpha value is -1.74. The fourth-order valence-corrected chi connectivity index (χ4v) is 3.18. The molecule has 3 nitrogen and oxygen atoms in total. The van der Waals surface area contributed by atoms with E-state index in [2.05, 4.69) is 4.98 Å². The first-order chi connectivity index (χ1) is 10.1. The minimum absolute atomic E-state index is 0.133. The van der Waals surface area contributed by atoms with Gasteiger partial charge in [0.1, 0.15) is 5.60 Å². The molecule has 110 valence electrons. The molecule has 1 aromatic carbocycles. The minimum atomic E-state index is -1.18. The van der Waals surface area contributed by atoms with Crippen molar-refractivity contribution in [3.05, 3.63) is 41.6 Å². The number of carbonyl (C=O) groups excluding carboxylic acids is 1. The molecule has 3 heteroatoms. The molecule has 0 unspecified atom stereocenters. The van der Waals surface area contributed by atoms with Gasteiger partial charge in [-0.2, -0.15) is 0 Å². The van der Waals surface area contributed by atoms with Gasteiger partial charge in [-0.1, -0.05) is 31.7 Å². The van der Waals surface area contributed by atoms with Gasteiger partial charge >= 0.3 is 0 Å². The molecule has 3 rings (SSSR count). The lowest BCUT2D eigenvalue weighted by atomic mass is 9.86. The number of carbonyl (C=O) groups is 1. The van der Waals surface area contributed by atoms with Gasteiger partial charge in [0, 0.05) is 16.6 Å². The maximum absolute atomic E-state index is 12.7. The van der Waals surface area contributed by atoms with Crippen LogP contribution < -0.4 is 0 Å². The lowest BCUT2D eigenvalue weighted by molar-refractivity contribution is 0.0238. The average Bonchev–Trinajstić information content (AvgIpc) is 2.71. The van der Waals surface area contributed by atoms with Crippen molar-refractivity contribution in [2.24, 2.45) is 0 Å². The summed E-state index contributed by atoms with van der Waals surface area (Å²) < 4.78 is 0. The highest BCUT2D eigenvalue weighted by Gasteiger charge is 2.36. The van der Waals surface area contributed by atoms with Crippen molar-refractivity contribution in [2.45, 2.75) is 51.0 Å². The first-order valence-electron chi connectivity index (χ1n) is 7.73. The number of aryl methyl sites for hydroxylation is 1. The number of aliphatic hydroxyl groups is 1. The largest absolute Gasteiger partial charge is 0.382 e. The Balaban J connectivity index is 1.95. The van der Waals surface area contributed by atoms with Gasteiger partial charge in [0.2, 0.25) is 0 Å². The molecule has 0 atom stereocenters. The van der Waals surface area contributed by atoms with Gasteiger partial charge in [-0.05, 0) is 44.0 Å². The summed E-state index contributed by atoms with van der Waals surface area (Å²) >= 11 is 0. The number of ketones is 1. The molecule has 0 radical (unpaired) electrons. The molecule has 1 N–H and O–H groups in total. The number of benzene rings is 1. The van der Waals surface area contributed by atoms with Gasteiger partial charge in [-0.3, -0.25) is 9.78 Å². The average molecular weight is 283 g/mol. The van der Waals surface area contributed by atoms with Crippen molar-refractivity contribution < 1.29 is 9.90 Å². The number of fused-ring (bicyclic) bond motifs is 1. The van der Waals surface area contributed by atoms with Crippen LogP contribution in [-0.4, -0.2) is 21.5 Å². The highest BCUT2D eigenvalue weighted by Crippen LogP contribution is 2.30. The molecule has 0 amide bonds. The lowest BCUT2D eigenvalue weighted by Gasteiger charge is -2.25. The fraction of sp³-hybridized carbons (Fsp3) is 0.444. The Morgan fingerprint density at radius 2 is 1.81 bits per heavy atom. The third-order valence-electron chi connectivity index (χ3n) is 4.44. The summed E-state index contributed by atoms with van der Waals surface area (Å²) in [5, 5.41) is 11.7. The number of nitrogens with zero attached hydrogens (tertiary/aromatic N) is 1. The number of aromatic nitrogens is 1. The Labute approximate surface area is 125 Å². The van der Waals surface area contributed by atoms with E-state index in [1.807, 2.05) is 31.2 Å². The van der Waals surface area contributed by atoms with Crippen molar-refractivity contribution >= 4 is 16.7 Å². The zero-order chi connectivity index (χ0) is 14.9. The Morgan fingerprint density at radius 1 is 1.10 bits per heavy atom. The summed E-state index contributed by atoms with van der Waals surface area (Å²) in [5.74, 6) is -0.133. The SMILES string of the molecule is Cc1ccc2cc(C(=O)C3(O)CCCCCC3)ccc2n1. The molecule has 0 bridgehead atoms. The third kappa shape index (κ3) is 2.84. The van der Waals surface area contributed by atoms with E-state index in [0.29, 0.717) is 18.4 Å². The zero-order valence-corrected chi connectivity index (χ0v) is 12.4. The van der Waals surface area contributed by atoms with E-state index in [9.17, 15) is 9.90 Å². The van der Waals surface area contributed by atoms with Crippen LogP contribution in [0.1, 0.15) is 54.6 Å². The van der Waals surface area contributed by atoms with E-state index in [0.717, 1.165) is 42.3 Å². The number of hydrogen-bond acceptors (Lipinski definition) is 3. The molecule has 0 aliphatic heterocycles. The van der Waals surface area contributed by atoms with Crippen LogP contribution in [0.2, 0.25) is 0 Å². The topological polar surface area (TPSA) is 50.2 Å². The van der Waals surface area contributed by atoms with Crippen molar-refractivity contribution in [3.63, 3.8) is 0 Å². The first-order valence-corrected chi connectivity index (χ1v) is 7.73. The van der Waals surface area contributed by atoms with Crippen molar-refractivity contribution in [1.82, 2.24) is 4.98 Å². The van der Waals surface area contributed by atoms with Gasteiger partial charge < -0.3 is 5.11 Å².